The van der Waals surface area contributed by atoms with Gasteiger partial charge < -0.3 is 24.8 Å². The zero-order chi connectivity index (χ0) is 25.5. The molecule has 0 unspecified atom stereocenters. The number of hydrogen-bond donors (Lipinski definition) is 0. The molecule has 0 fully saturated rings. The predicted molar refractivity (Wildman–Crippen MR) is 157 cm³/mol. The van der Waals surface area contributed by atoms with Crippen LogP contribution in [0.25, 0.3) is 43.8 Å². The van der Waals surface area contributed by atoms with Crippen molar-refractivity contribution in [2.75, 3.05) is 0 Å². The Bertz CT molecular complexity index is 1460. The zero-order valence-corrected chi connectivity index (χ0v) is 28.4. The minimum absolute atomic E-state index is 0. The number of halogens is 2. The van der Waals surface area contributed by atoms with Crippen LogP contribution in [-0.2, 0) is 23.0 Å². The number of benzene rings is 4. The summed E-state index contributed by atoms with van der Waals surface area (Å²) in [5.41, 5.74) is 8.07. The molecule has 6 aromatic carbocycles. The van der Waals surface area contributed by atoms with Crippen molar-refractivity contribution in [3.63, 3.8) is 0 Å². The Balaban J connectivity index is 0.000000224. The molecule has 6 aromatic rings. The number of fused-ring (bicyclic) bond motifs is 2. The second-order valence-corrected chi connectivity index (χ2v) is 22.3. The van der Waals surface area contributed by atoms with Crippen LogP contribution in [0.2, 0.25) is 13.1 Å². The first-order valence-corrected chi connectivity index (χ1v) is 20.2. The summed E-state index contributed by atoms with van der Waals surface area (Å²) in [4.78, 5) is 0. The molecule has 0 aliphatic rings. The largest absolute Gasteiger partial charge is 1.00 e. The van der Waals surface area contributed by atoms with Gasteiger partial charge in [0.1, 0.15) is 0 Å². The monoisotopic (exact) mass is 718 g/mol. The van der Waals surface area contributed by atoms with Gasteiger partial charge in [0.05, 0.1) is 0 Å². The van der Waals surface area contributed by atoms with Crippen molar-refractivity contribution in [2.45, 2.75) is 26.9 Å². The quantitative estimate of drug-likeness (QED) is 0.189. The molecular formula is C34H32Cl2HfSi-2. The van der Waals surface area contributed by atoms with E-state index in [0.717, 1.165) is 0 Å². The summed E-state index contributed by atoms with van der Waals surface area (Å²) in [6, 6.07) is 43.2. The third kappa shape index (κ3) is 8.92. The van der Waals surface area contributed by atoms with Gasteiger partial charge >= 0.3 is 41.6 Å². The van der Waals surface area contributed by atoms with Gasteiger partial charge in [-0.25, -0.2) is 0 Å². The molecule has 0 heterocycles. The van der Waals surface area contributed by atoms with Crippen LogP contribution in [0.3, 0.4) is 0 Å². The van der Waals surface area contributed by atoms with E-state index in [1.54, 1.807) is 0 Å². The van der Waals surface area contributed by atoms with Gasteiger partial charge in [0.15, 0.2) is 0 Å². The van der Waals surface area contributed by atoms with Crippen molar-refractivity contribution in [1.29, 1.82) is 0 Å². The van der Waals surface area contributed by atoms with E-state index in [2.05, 4.69) is 148 Å². The Hall–Kier alpha value is -2.23. The van der Waals surface area contributed by atoms with Crippen molar-refractivity contribution in [1.82, 2.24) is 0 Å². The van der Waals surface area contributed by atoms with Crippen molar-refractivity contribution in [3.05, 3.63) is 132 Å². The third-order valence-corrected chi connectivity index (χ3v) is 5.92. The van der Waals surface area contributed by atoms with Crippen molar-refractivity contribution in [2.24, 2.45) is 0 Å². The fourth-order valence-electron chi connectivity index (χ4n) is 4.35. The molecule has 0 aliphatic heterocycles. The molecule has 4 heteroatoms. The first-order valence-electron chi connectivity index (χ1n) is 12.4. The molecule has 0 nitrogen and oxygen atoms in total. The summed E-state index contributed by atoms with van der Waals surface area (Å²) in [5, 5.41) is 5.33. The Kier molecular flexibility index (Phi) is 12.9. The zero-order valence-electron chi connectivity index (χ0n) is 22.3. The minimum Gasteiger partial charge on any atom is -1.00 e. The van der Waals surface area contributed by atoms with Crippen LogP contribution < -0.4 is 24.8 Å². The third-order valence-electron chi connectivity index (χ3n) is 5.92. The molecule has 0 spiro atoms. The Labute approximate surface area is 254 Å². The van der Waals surface area contributed by atoms with E-state index in [1.165, 1.54) is 77.9 Å². The average molecular weight is 718 g/mol. The van der Waals surface area contributed by atoms with E-state index in [4.69, 9.17) is 0 Å². The maximum atomic E-state index is 2.33. The molecule has 0 radical (unpaired) electrons. The van der Waals surface area contributed by atoms with E-state index >= 15 is 0 Å². The predicted octanol–water partition coefficient (Wildman–Crippen LogP) is 3.86. The molecule has 0 saturated carbocycles. The van der Waals surface area contributed by atoms with Gasteiger partial charge in [-0.15, -0.1) is 56.9 Å². The summed E-state index contributed by atoms with van der Waals surface area (Å²) in [6.07, 6.45) is 0. The topological polar surface area (TPSA) is 0 Å². The first-order chi connectivity index (χ1) is 17.4. The standard InChI is InChI=1S/2C16H13.C2H6Si.2ClH.Hf/c2*1-12-9-14-7-8-15(11-16(14)10-12)13-5-3-2-4-6-13;1-3-2;;;/h2*2-11H,1H3;1-2H3;2*1H;/q2*-1;;;;+2/p-2. The van der Waals surface area contributed by atoms with E-state index in [0.29, 0.717) is 0 Å². The fraction of sp³-hybridized carbons (Fsp3) is 0.118. The van der Waals surface area contributed by atoms with Crippen LogP contribution in [0, 0.1) is 13.8 Å². The van der Waals surface area contributed by atoms with Crippen molar-refractivity contribution in [3.8, 4) is 22.3 Å². The molecular weight excluding hydrogens is 686 g/mol. The van der Waals surface area contributed by atoms with Crippen molar-refractivity contribution >= 4 is 27.0 Å². The normalized spacial score (nSPS) is 9.84. The summed E-state index contributed by atoms with van der Waals surface area (Å²) in [5.74, 6) is 0. The maximum absolute atomic E-state index is 2.33. The van der Waals surface area contributed by atoms with Gasteiger partial charge in [-0.3, -0.25) is 0 Å². The number of hydrogen-bond acceptors (Lipinski definition) is 0. The van der Waals surface area contributed by atoms with Crippen LogP contribution in [0.5, 0.6) is 0 Å². The Morgan fingerprint density at radius 3 is 1.18 bits per heavy atom. The molecule has 192 valence electrons. The molecule has 0 bridgehead atoms. The molecule has 0 amide bonds. The summed E-state index contributed by atoms with van der Waals surface area (Å²) < 4.78 is 0. The SMILES string of the molecule is C[Si](C)=[Hf+2].Cc1cc2cc(-c3ccccc3)ccc2[cH-]1.Cc1cc2cc(-c3ccccc3)ccc2[cH-]1.[Cl-].[Cl-]. The average Bonchev–Trinajstić information content (AvgIpc) is 3.44. The second-order valence-electron chi connectivity index (χ2n) is 9.48. The van der Waals surface area contributed by atoms with Crippen LogP contribution in [0.15, 0.2) is 121 Å². The summed E-state index contributed by atoms with van der Waals surface area (Å²) >= 11 is 1.45. The number of rotatable bonds is 2. The van der Waals surface area contributed by atoms with Crippen LogP contribution in [-0.4, -0.2) is 5.49 Å². The smallest absolute Gasteiger partial charge is 0.0200 e. The molecule has 6 rings (SSSR count). The molecule has 0 atom stereocenters. The van der Waals surface area contributed by atoms with Gasteiger partial charge in [0.25, 0.3) is 0 Å². The van der Waals surface area contributed by atoms with E-state index in [9.17, 15) is 0 Å². The van der Waals surface area contributed by atoms with Gasteiger partial charge in [-0.05, 0) is 22.3 Å². The van der Waals surface area contributed by atoms with Crippen LogP contribution >= 0.6 is 0 Å². The molecule has 0 saturated heterocycles. The maximum Gasteiger partial charge on any atom is -0.0200 e. The van der Waals surface area contributed by atoms with Gasteiger partial charge in [0.2, 0.25) is 0 Å². The Morgan fingerprint density at radius 2 is 0.842 bits per heavy atom. The van der Waals surface area contributed by atoms with Gasteiger partial charge in [-0.1, -0.05) is 98.8 Å². The van der Waals surface area contributed by atoms with Crippen LogP contribution in [0.1, 0.15) is 11.1 Å². The summed E-state index contributed by atoms with van der Waals surface area (Å²) in [6.45, 7) is 8.94. The van der Waals surface area contributed by atoms with E-state index in [-0.39, 0.29) is 30.3 Å². The van der Waals surface area contributed by atoms with Crippen molar-refractivity contribution < 1.29 is 47.8 Å². The van der Waals surface area contributed by atoms with Gasteiger partial charge in [0, 0.05) is 0 Å². The minimum atomic E-state index is 0. The first kappa shape index (κ1) is 32.0. The second kappa shape index (κ2) is 15.4. The summed E-state index contributed by atoms with van der Waals surface area (Å²) in [7, 11) is 0. The van der Waals surface area contributed by atoms with E-state index < -0.39 is 0 Å². The molecule has 0 aromatic heterocycles. The number of aryl methyl sites for hydroxylation is 2. The van der Waals surface area contributed by atoms with Gasteiger partial charge in [-0.2, -0.15) is 12.1 Å². The van der Waals surface area contributed by atoms with Crippen LogP contribution in [0.4, 0.5) is 0 Å². The van der Waals surface area contributed by atoms with E-state index in [1.807, 2.05) is 0 Å². The Morgan fingerprint density at radius 1 is 0.500 bits per heavy atom. The molecule has 0 aliphatic carbocycles. The fourth-order valence-corrected chi connectivity index (χ4v) is 4.35. The molecule has 38 heavy (non-hydrogen) atoms. The molecule has 0 N–H and O–H groups in total.